The number of rotatable bonds is 3. The molecule has 0 amide bonds. The van der Waals surface area contributed by atoms with Crippen molar-refractivity contribution in [3.05, 3.63) is 21.9 Å². The third kappa shape index (κ3) is 3.09. The Hall–Kier alpha value is -1.77. The molecule has 6 nitrogen and oxygen atoms in total. The number of nitro groups is 1. The average Bonchev–Trinajstić information content (AvgIpc) is 2.15. The van der Waals surface area contributed by atoms with Crippen molar-refractivity contribution >= 4 is 17.4 Å². The minimum atomic E-state index is -5.15. The minimum Gasteiger partial charge on any atom is -0.504 e. The fourth-order valence-corrected chi connectivity index (χ4v) is 1.25. The Bertz CT molecular complexity index is 451. The van der Waals surface area contributed by atoms with E-state index in [4.69, 9.17) is 11.6 Å². The average molecular weight is 273 g/mol. The Morgan fingerprint density at radius 3 is 2.59 bits per heavy atom. The van der Waals surface area contributed by atoms with Gasteiger partial charge in [0.05, 0.1) is 11.4 Å². The van der Waals surface area contributed by atoms with E-state index in [0.29, 0.717) is 6.20 Å². The highest BCUT2D eigenvalue weighted by Crippen LogP contribution is 2.38. The highest BCUT2D eigenvalue weighted by atomic mass is 35.5. The van der Waals surface area contributed by atoms with Crippen LogP contribution in [0.25, 0.3) is 0 Å². The fraction of sp³-hybridized carbons (Fsp3) is 0.286. The SMILES string of the molecule is O=[N+]([O-])c1ncc(O)c(CCl)c1OC(F)(F)F. The zero-order valence-electron chi connectivity index (χ0n) is 7.86. The van der Waals surface area contributed by atoms with E-state index in [-0.39, 0.29) is 0 Å². The molecule has 1 aromatic heterocycles. The van der Waals surface area contributed by atoms with Gasteiger partial charge in [0.2, 0.25) is 5.75 Å². The number of halogens is 4. The van der Waals surface area contributed by atoms with Crippen molar-refractivity contribution in [3.8, 4) is 11.5 Å². The molecule has 0 saturated carbocycles. The van der Waals surface area contributed by atoms with E-state index < -0.39 is 40.0 Å². The van der Waals surface area contributed by atoms with Crippen molar-refractivity contribution in [2.45, 2.75) is 12.2 Å². The molecule has 0 unspecified atom stereocenters. The van der Waals surface area contributed by atoms with Crippen LogP contribution in [0.5, 0.6) is 11.5 Å². The topological polar surface area (TPSA) is 85.5 Å². The van der Waals surface area contributed by atoms with Gasteiger partial charge in [-0.05, 0) is 9.91 Å². The second-order valence-electron chi connectivity index (χ2n) is 2.71. The summed E-state index contributed by atoms with van der Waals surface area (Å²) in [5.41, 5.74) is -0.550. The van der Waals surface area contributed by atoms with Gasteiger partial charge in [0.1, 0.15) is 0 Å². The summed E-state index contributed by atoms with van der Waals surface area (Å²) < 4.78 is 39.6. The van der Waals surface area contributed by atoms with Gasteiger partial charge in [-0.2, -0.15) is 0 Å². The van der Waals surface area contributed by atoms with Crippen molar-refractivity contribution in [1.82, 2.24) is 4.98 Å². The summed E-state index contributed by atoms with van der Waals surface area (Å²) in [7, 11) is 0. The molecule has 1 rings (SSSR count). The first-order chi connectivity index (χ1) is 7.76. The fourth-order valence-electron chi connectivity index (χ4n) is 0.992. The molecule has 0 aliphatic rings. The highest BCUT2D eigenvalue weighted by Gasteiger charge is 2.37. The van der Waals surface area contributed by atoms with Crippen LogP contribution in [0.3, 0.4) is 0 Å². The molecule has 0 aliphatic heterocycles. The quantitative estimate of drug-likeness (QED) is 0.518. The molecule has 17 heavy (non-hydrogen) atoms. The van der Waals surface area contributed by atoms with E-state index in [0.717, 1.165) is 0 Å². The number of aromatic nitrogens is 1. The Labute approximate surface area is 96.7 Å². The Kier molecular flexibility index (Phi) is 3.61. The summed E-state index contributed by atoms with van der Waals surface area (Å²) >= 11 is 5.29. The first-order valence-electron chi connectivity index (χ1n) is 3.93. The van der Waals surface area contributed by atoms with Crippen molar-refractivity contribution in [2.24, 2.45) is 0 Å². The van der Waals surface area contributed by atoms with E-state index in [1.54, 1.807) is 0 Å². The molecule has 0 atom stereocenters. The molecular formula is C7H4ClF3N2O4. The van der Waals surface area contributed by atoms with E-state index in [1.807, 2.05) is 0 Å². The standard InChI is InChI=1S/C7H4ClF3N2O4/c8-1-3-4(14)2-12-6(13(15)16)5(3)17-7(9,10)11/h2,14H,1H2. The van der Waals surface area contributed by atoms with Crippen LogP contribution in [0.1, 0.15) is 5.56 Å². The van der Waals surface area contributed by atoms with Gasteiger partial charge in [0, 0.05) is 0 Å². The summed E-state index contributed by atoms with van der Waals surface area (Å²) in [6.07, 6.45) is -4.53. The molecule has 1 N–H and O–H groups in total. The lowest BCUT2D eigenvalue weighted by Gasteiger charge is -2.11. The Balaban J connectivity index is 3.39. The normalized spacial score (nSPS) is 11.3. The number of hydrogen-bond donors (Lipinski definition) is 1. The predicted molar refractivity (Wildman–Crippen MR) is 48.8 cm³/mol. The maximum absolute atomic E-state index is 12.0. The monoisotopic (exact) mass is 272 g/mol. The van der Waals surface area contributed by atoms with Gasteiger partial charge >= 0.3 is 12.2 Å². The van der Waals surface area contributed by atoms with Gasteiger partial charge in [0.25, 0.3) is 0 Å². The van der Waals surface area contributed by atoms with Crippen LogP contribution in [-0.4, -0.2) is 21.4 Å². The van der Waals surface area contributed by atoms with Crippen molar-refractivity contribution in [3.63, 3.8) is 0 Å². The molecule has 0 spiro atoms. The lowest BCUT2D eigenvalue weighted by Crippen LogP contribution is -2.19. The predicted octanol–water partition coefficient (Wildman–Crippen LogP) is 2.33. The molecule has 0 aliphatic carbocycles. The van der Waals surface area contributed by atoms with Gasteiger partial charge < -0.3 is 20.0 Å². The Morgan fingerprint density at radius 2 is 2.18 bits per heavy atom. The van der Waals surface area contributed by atoms with E-state index in [9.17, 15) is 28.4 Å². The number of alkyl halides is 4. The summed E-state index contributed by atoms with van der Waals surface area (Å²) in [6, 6.07) is 0. The third-order valence-electron chi connectivity index (χ3n) is 1.62. The molecule has 94 valence electrons. The minimum absolute atomic E-state index is 0.550. The van der Waals surface area contributed by atoms with Crippen LogP contribution in [0, 0.1) is 10.1 Å². The first kappa shape index (κ1) is 13.3. The molecule has 0 saturated heterocycles. The molecule has 1 aromatic rings. The Morgan fingerprint density at radius 1 is 1.59 bits per heavy atom. The number of hydrogen-bond acceptors (Lipinski definition) is 5. The zero-order valence-corrected chi connectivity index (χ0v) is 8.62. The molecule has 0 radical (unpaired) electrons. The molecule has 0 aromatic carbocycles. The van der Waals surface area contributed by atoms with Gasteiger partial charge in [-0.15, -0.1) is 24.8 Å². The maximum atomic E-state index is 12.0. The first-order valence-corrected chi connectivity index (χ1v) is 4.46. The number of pyridine rings is 1. The second-order valence-corrected chi connectivity index (χ2v) is 2.98. The van der Waals surface area contributed by atoms with Crippen LogP contribution in [0.2, 0.25) is 0 Å². The number of ether oxygens (including phenoxy) is 1. The smallest absolute Gasteiger partial charge is 0.504 e. The van der Waals surface area contributed by atoms with Crippen LogP contribution < -0.4 is 4.74 Å². The number of nitrogens with zero attached hydrogens (tertiary/aromatic N) is 2. The van der Waals surface area contributed by atoms with Gasteiger partial charge in [-0.1, -0.05) is 0 Å². The second kappa shape index (κ2) is 4.62. The highest BCUT2D eigenvalue weighted by molar-refractivity contribution is 6.17. The molecular weight excluding hydrogens is 269 g/mol. The maximum Gasteiger partial charge on any atom is 0.573 e. The van der Waals surface area contributed by atoms with Crippen LogP contribution in [0.4, 0.5) is 19.0 Å². The van der Waals surface area contributed by atoms with E-state index in [1.165, 1.54) is 0 Å². The largest absolute Gasteiger partial charge is 0.573 e. The third-order valence-corrected chi connectivity index (χ3v) is 1.89. The summed E-state index contributed by atoms with van der Waals surface area (Å²) in [5, 5.41) is 19.6. The van der Waals surface area contributed by atoms with E-state index in [2.05, 4.69) is 9.72 Å². The molecule has 0 fully saturated rings. The molecule has 10 heteroatoms. The summed E-state index contributed by atoms with van der Waals surface area (Å²) in [6.45, 7) is 0. The summed E-state index contributed by atoms with van der Waals surface area (Å²) in [4.78, 5) is 12.3. The van der Waals surface area contributed by atoms with Crippen molar-refractivity contribution in [1.29, 1.82) is 0 Å². The van der Waals surface area contributed by atoms with Crippen LogP contribution >= 0.6 is 11.6 Å². The van der Waals surface area contributed by atoms with Crippen molar-refractivity contribution < 1.29 is 27.9 Å². The van der Waals surface area contributed by atoms with Gasteiger partial charge in [-0.25, -0.2) is 0 Å². The van der Waals surface area contributed by atoms with Crippen LogP contribution in [-0.2, 0) is 5.88 Å². The zero-order chi connectivity index (χ0) is 13.2. The summed E-state index contributed by atoms with van der Waals surface area (Å²) in [5.74, 6) is -3.70. The van der Waals surface area contributed by atoms with Crippen molar-refractivity contribution in [2.75, 3.05) is 0 Å². The lowest BCUT2D eigenvalue weighted by atomic mass is 10.2. The van der Waals surface area contributed by atoms with Gasteiger partial charge in [0.15, 0.2) is 11.9 Å². The van der Waals surface area contributed by atoms with E-state index >= 15 is 0 Å². The van der Waals surface area contributed by atoms with Gasteiger partial charge in [-0.3, -0.25) is 0 Å². The number of aromatic hydroxyl groups is 1. The molecule has 0 bridgehead atoms. The molecule has 1 heterocycles. The lowest BCUT2D eigenvalue weighted by molar-refractivity contribution is -0.393. The van der Waals surface area contributed by atoms with Crippen LogP contribution in [0.15, 0.2) is 6.20 Å².